The Morgan fingerprint density at radius 3 is 1.84 bits per heavy atom. The van der Waals surface area contributed by atoms with Gasteiger partial charge in [0.2, 0.25) is 5.13 Å². The number of nitrogens with zero attached hydrogens (tertiary/aromatic N) is 9. The number of benzene rings is 4. The first-order valence-corrected chi connectivity index (χ1v) is 25.3. The molecule has 0 aliphatic rings. The summed E-state index contributed by atoms with van der Waals surface area (Å²) >= 11 is 3.13. The second-order valence-electron chi connectivity index (χ2n) is 17.4. The van der Waals surface area contributed by atoms with E-state index in [1.165, 1.54) is 33.6 Å². The van der Waals surface area contributed by atoms with E-state index in [0.29, 0.717) is 45.8 Å². The molecule has 0 amide bonds. The molecule has 0 aliphatic carbocycles. The van der Waals surface area contributed by atoms with Gasteiger partial charge in [0, 0.05) is 17.4 Å². The van der Waals surface area contributed by atoms with Crippen LogP contribution in [0.5, 0.6) is 0 Å². The molecular weight excluding hydrogens is 920 g/mol. The van der Waals surface area contributed by atoms with Crippen molar-refractivity contribution in [2.75, 3.05) is 16.5 Å². The third-order valence-electron chi connectivity index (χ3n) is 11.4. The molecular formula is C51H57N10NaO3S3. The quantitative estimate of drug-likeness (QED) is 0.0875. The van der Waals surface area contributed by atoms with Gasteiger partial charge in [-0.25, -0.2) is 23.4 Å². The molecule has 8 rings (SSSR count). The Kier molecular flexibility index (Phi) is 16.9. The first kappa shape index (κ1) is 53.6. The van der Waals surface area contributed by atoms with E-state index in [2.05, 4.69) is 95.9 Å². The Morgan fingerprint density at radius 2 is 1.28 bits per heavy atom. The number of anilines is 5. The molecule has 1 N–H and O–H groups in total. The molecule has 4 heterocycles. The average Bonchev–Trinajstić information content (AvgIpc) is 4.00. The molecule has 0 atom stereocenters. The second kappa shape index (κ2) is 21.5. The summed E-state index contributed by atoms with van der Waals surface area (Å²) in [6.45, 7) is 29.3. The molecule has 4 aromatic heterocycles. The first-order chi connectivity index (χ1) is 31.5. The SMILES string of the molecule is CC.CS(=O)(=O)[O-].Cc1cc(C)c(Nc2nc(N(c3nc4ccccc4s3)c3c(C)cc(C)c(C)c3C)cc(C)c2N=Nc2c(C#N)c(C(C)(C)C)nn2-c2nc3ccccc3s2)c(C)c1C.[Na+]. The minimum Gasteiger partial charge on any atom is -0.748 e. The maximum atomic E-state index is 10.7. The zero-order valence-corrected chi connectivity index (χ0v) is 46.3. The zero-order valence-electron chi connectivity index (χ0n) is 41.8. The molecule has 0 saturated heterocycles. The minimum atomic E-state index is -3.92. The summed E-state index contributed by atoms with van der Waals surface area (Å²) in [4.78, 5) is 17.7. The molecule has 8 aromatic rings. The predicted molar refractivity (Wildman–Crippen MR) is 276 cm³/mol. The number of aromatic nitrogens is 5. The molecule has 0 saturated carbocycles. The Morgan fingerprint density at radius 1 is 0.735 bits per heavy atom. The van der Waals surface area contributed by atoms with Crippen LogP contribution in [0.15, 0.2) is 77.0 Å². The van der Waals surface area contributed by atoms with Crippen molar-refractivity contribution < 1.29 is 42.5 Å². The smallest absolute Gasteiger partial charge is 0.748 e. The van der Waals surface area contributed by atoms with Gasteiger partial charge in [-0.3, -0.25) is 4.90 Å². The Labute approximate surface area is 430 Å². The number of azo groups is 1. The van der Waals surface area contributed by atoms with Crippen LogP contribution in [0, 0.1) is 73.6 Å². The van der Waals surface area contributed by atoms with Gasteiger partial charge in [0.25, 0.3) is 0 Å². The van der Waals surface area contributed by atoms with Gasteiger partial charge in [-0.05, 0) is 143 Å². The molecule has 0 bridgehead atoms. The number of hydrogen-bond acceptors (Lipinski definition) is 14. The van der Waals surface area contributed by atoms with E-state index in [-0.39, 0.29) is 29.6 Å². The normalized spacial score (nSPS) is 11.5. The van der Waals surface area contributed by atoms with Crippen molar-refractivity contribution in [1.29, 1.82) is 5.26 Å². The van der Waals surface area contributed by atoms with Crippen molar-refractivity contribution in [3.8, 4) is 11.2 Å². The maximum absolute atomic E-state index is 10.7. The molecule has 0 aliphatic heterocycles. The summed E-state index contributed by atoms with van der Waals surface area (Å²) in [7, 11) is -3.92. The number of para-hydroxylation sites is 2. The minimum absolute atomic E-state index is 0. The van der Waals surface area contributed by atoms with Gasteiger partial charge in [-0.15, -0.1) is 10.2 Å². The summed E-state index contributed by atoms with van der Waals surface area (Å²) in [6, 6.07) is 25.1. The summed E-state index contributed by atoms with van der Waals surface area (Å²) in [5.41, 5.74) is 15.0. The van der Waals surface area contributed by atoms with Crippen molar-refractivity contribution in [3.05, 3.63) is 128 Å². The van der Waals surface area contributed by atoms with E-state index >= 15 is 0 Å². The predicted octanol–water partition coefficient (Wildman–Crippen LogP) is 11.3. The van der Waals surface area contributed by atoms with Crippen molar-refractivity contribution in [2.45, 2.75) is 102 Å². The number of rotatable bonds is 8. The van der Waals surface area contributed by atoms with Gasteiger partial charge in [-0.2, -0.15) is 15.0 Å². The molecule has 68 heavy (non-hydrogen) atoms. The van der Waals surface area contributed by atoms with Gasteiger partial charge in [0.15, 0.2) is 16.8 Å². The van der Waals surface area contributed by atoms with Crippen LogP contribution in [0.25, 0.3) is 25.6 Å². The van der Waals surface area contributed by atoms with Gasteiger partial charge in [-0.1, -0.05) is 93.7 Å². The average molecular weight is 977 g/mol. The number of aryl methyl sites for hydroxylation is 5. The Hall–Kier alpha value is -5.38. The van der Waals surface area contributed by atoms with Crippen LogP contribution >= 0.6 is 22.7 Å². The van der Waals surface area contributed by atoms with Crippen LogP contribution in [0.4, 0.5) is 39.6 Å². The topological polar surface area (TPSA) is 177 Å². The Bertz CT molecular complexity index is 3290. The van der Waals surface area contributed by atoms with Gasteiger partial charge in [0.05, 0.1) is 41.9 Å². The van der Waals surface area contributed by atoms with Crippen LogP contribution < -0.4 is 39.8 Å². The molecule has 0 spiro atoms. The van der Waals surface area contributed by atoms with E-state index in [1.54, 1.807) is 16.0 Å². The molecule has 348 valence electrons. The molecule has 0 fully saturated rings. The van der Waals surface area contributed by atoms with Crippen LogP contribution in [0.2, 0.25) is 0 Å². The van der Waals surface area contributed by atoms with Gasteiger partial charge in [0.1, 0.15) is 23.1 Å². The molecule has 0 radical (unpaired) electrons. The second-order valence-corrected chi connectivity index (χ2v) is 20.8. The van der Waals surface area contributed by atoms with Crippen molar-refractivity contribution in [3.63, 3.8) is 0 Å². The van der Waals surface area contributed by atoms with Crippen molar-refractivity contribution in [1.82, 2.24) is 24.7 Å². The van der Waals surface area contributed by atoms with Crippen LogP contribution in [0.1, 0.15) is 95.9 Å². The van der Waals surface area contributed by atoms with E-state index in [0.717, 1.165) is 64.8 Å². The van der Waals surface area contributed by atoms with Crippen LogP contribution in [-0.4, -0.2) is 44.0 Å². The molecule has 17 heteroatoms. The number of nitrogens with one attached hydrogen (secondary N) is 1. The maximum Gasteiger partial charge on any atom is 1.00 e. The van der Waals surface area contributed by atoms with Crippen molar-refractivity contribution >= 4 is 92.9 Å². The fraction of sp³-hybridized carbons (Fsp3) is 0.314. The summed E-state index contributed by atoms with van der Waals surface area (Å²) in [5, 5.41) is 30.7. The van der Waals surface area contributed by atoms with Crippen molar-refractivity contribution in [2.24, 2.45) is 10.2 Å². The molecule has 0 unspecified atom stereocenters. The number of nitriles is 1. The fourth-order valence-electron chi connectivity index (χ4n) is 7.76. The number of fused-ring (bicyclic) bond motifs is 2. The Balaban J connectivity index is 0.00000101. The molecule has 13 nitrogen and oxygen atoms in total. The van der Waals surface area contributed by atoms with E-state index in [9.17, 15) is 5.26 Å². The number of thiazole rings is 2. The molecule has 4 aromatic carbocycles. The standard InChI is InChI=1S/C48H48N10S2.C2H6.CH4O3S.Na/c1-25-21-27(3)40(32(8)30(25)6)53-44-41(54-55-45-34(24-49)43(48(10,11)12)56-58(45)47-51-36-18-14-16-20-38(36)60-47)28(4)23-39(52-44)57(42-29(5)22-26(2)31(7)33(42)9)46-50-35-17-13-15-19-37(35)59-46;1-2;1-5(2,3)4;/h13-23H,1-12H3,(H,52,53);1-2H3;1H3,(H,2,3,4);/q;;;+1/p-1. The van der Waals surface area contributed by atoms with E-state index in [4.69, 9.17) is 43.2 Å². The summed E-state index contributed by atoms with van der Waals surface area (Å²) < 4.78 is 31.0. The van der Waals surface area contributed by atoms with Gasteiger partial charge >= 0.3 is 29.6 Å². The fourth-order valence-corrected chi connectivity index (χ4v) is 9.66. The number of pyridine rings is 1. The largest absolute Gasteiger partial charge is 1.00 e. The third kappa shape index (κ3) is 11.4. The third-order valence-corrected chi connectivity index (χ3v) is 13.4. The monoisotopic (exact) mass is 976 g/mol. The van der Waals surface area contributed by atoms with Crippen LogP contribution in [0.3, 0.4) is 0 Å². The summed E-state index contributed by atoms with van der Waals surface area (Å²) in [6.07, 6.45) is 0.604. The van der Waals surface area contributed by atoms with Gasteiger partial charge < -0.3 is 9.87 Å². The van der Waals surface area contributed by atoms with E-state index < -0.39 is 15.5 Å². The summed E-state index contributed by atoms with van der Waals surface area (Å²) in [5.74, 6) is 1.52. The first-order valence-electron chi connectivity index (χ1n) is 21.9. The number of hydrogen-bond donors (Lipinski definition) is 1. The van der Waals surface area contributed by atoms with E-state index in [1.807, 2.05) is 84.0 Å². The zero-order chi connectivity index (χ0) is 49.3. The van der Waals surface area contributed by atoms with Crippen LogP contribution in [-0.2, 0) is 15.5 Å².